The number of likely N-dealkylation sites (N-methyl/N-ethyl adjacent to an activating group) is 1. The topological polar surface area (TPSA) is 20.2 Å². The van der Waals surface area contributed by atoms with Gasteiger partial charge in [-0.25, -0.2) is 0 Å². The zero-order valence-corrected chi connectivity index (χ0v) is 6.72. The summed E-state index contributed by atoms with van der Waals surface area (Å²) >= 11 is 0. The van der Waals surface area contributed by atoms with Crippen molar-refractivity contribution in [3.63, 3.8) is 0 Å². The van der Waals surface area contributed by atoms with E-state index in [9.17, 15) is 0 Å². The minimum absolute atomic E-state index is 0. The van der Waals surface area contributed by atoms with Gasteiger partial charge in [-0.2, -0.15) is 0 Å². The van der Waals surface area contributed by atoms with E-state index in [0.29, 0.717) is 6.61 Å². The predicted molar refractivity (Wildman–Crippen MR) is 46.0 cm³/mol. The molecule has 0 radical (unpaired) electrons. The zero-order valence-electron chi connectivity index (χ0n) is 6.72. The fourth-order valence-corrected chi connectivity index (χ4v) is 0.988. The summed E-state index contributed by atoms with van der Waals surface area (Å²) in [6.07, 6.45) is 1.19. The van der Waals surface area contributed by atoms with Crippen molar-refractivity contribution in [2.24, 2.45) is 0 Å². The second kappa shape index (κ2) is 5.69. The largest absolute Gasteiger partial charge is 0.391 e. The summed E-state index contributed by atoms with van der Waals surface area (Å²) in [7, 11) is 4.28. The van der Waals surface area contributed by atoms with Crippen LogP contribution in [0.5, 0.6) is 0 Å². The van der Waals surface area contributed by atoms with Crippen LogP contribution in [0.25, 0.3) is 0 Å². The SMILES string of the molecule is C.CCC[N+](C)(C)CCO. The lowest BCUT2D eigenvalue weighted by Crippen LogP contribution is -2.42. The first kappa shape index (κ1) is 12.6. The van der Waals surface area contributed by atoms with Gasteiger partial charge in [-0.1, -0.05) is 14.4 Å². The van der Waals surface area contributed by atoms with Crippen LogP contribution in [0.3, 0.4) is 0 Å². The molecule has 1 N–H and O–H groups in total. The molecule has 0 aromatic carbocycles. The highest BCUT2D eigenvalue weighted by Gasteiger charge is 2.10. The van der Waals surface area contributed by atoms with Crippen LogP contribution in [0.2, 0.25) is 0 Å². The van der Waals surface area contributed by atoms with Gasteiger partial charge in [0.15, 0.2) is 0 Å². The van der Waals surface area contributed by atoms with E-state index in [1.54, 1.807) is 0 Å². The highest BCUT2D eigenvalue weighted by Crippen LogP contribution is 1.96. The number of quaternary nitrogens is 1. The molecule has 0 bridgehead atoms. The molecule has 10 heavy (non-hydrogen) atoms. The van der Waals surface area contributed by atoms with E-state index >= 15 is 0 Å². The molecule has 0 unspecified atom stereocenters. The second-order valence-corrected chi connectivity index (χ2v) is 3.11. The number of hydrogen-bond acceptors (Lipinski definition) is 1. The molecule has 0 aliphatic carbocycles. The molecule has 0 amide bonds. The van der Waals surface area contributed by atoms with Crippen LogP contribution in [-0.4, -0.2) is 43.4 Å². The van der Waals surface area contributed by atoms with E-state index in [2.05, 4.69) is 21.0 Å². The van der Waals surface area contributed by atoms with Gasteiger partial charge in [-0.3, -0.25) is 0 Å². The molecule has 64 valence electrons. The molecule has 0 aromatic rings. The number of aliphatic hydroxyl groups excluding tert-OH is 1. The first-order chi connectivity index (χ1) is 4.12. The maximum atomic E-state index is 8.61. The Labute approximate surface area is 65.1 Å². The first-order valence-electron chi connectivity index (χ1n) is 3.55. The second-order valence-electron chi connectivity index (χ2n) is 3.11. The molecule has 0 saturated carbocycles. The van der Waals surface area contributed by atoms with Crippen molar-refractivity contribution in [2.75, 3.05) is 33.8 Å². The lowest BCUT2D eigenvalue weighted by Gasteiger charge is -2.28. The maximum Gasteiger partial charge on any atom is 0.102 e. The summed E-state index contributed by atoms with van der Waals surface area (Å²) in [5.41, 5.74) is 0. The average molecular weight is 148 g/mol. The van der Waals surface area contributed by atoms with Crippen LogP contribution >= 0.6 is 0 Å². The van der Waals surface area contributed by atoms with Crippen molar-refractivity contribution < 1.29 is 9.59 Å². The average Bonchev–Trinajstić information content (AvgIpc) is 1.64. The molecule has 2 heteroatoms. The molecule has 0 heterocycles. The Hall–Kier alpha value is -0.0800. The van der Waals surface area contributed by atoms with E-state index in [0.717, 1.165) is 17.6 Å². The Kier molecular flexibility index (Phi) is 7.15. The lowest BCUT2D eigenvalue weighted by molar-refractivity contribution is -0.890. The third kappa shape index (κ3) is 6.05. The summed E-state index contributed by atoms with van der Waals surface area (Å²) < 4.78 is 0.938. The van der Waals surface area contributed by atoms with Gasteiger partial charge in [0, 0.05) is 0 Å². The third-order valence-electron chi connectivity index (χ3n) is 1.53. The highest BCUT2D eigenvalue weighted by atomic mass is 16.3. The van der Waals surface area contributed by atoms with Gasteiger partial charge < -0.3 is 9.59 Å². The molecule has 0 spiro atoms. The Morgan fingerprint density at radius 2 is 1.70 bits per heavy atom. The van der Waals surface area contributed by atoms with E-state index in [1.165, 1.54) is 6.42 Å². The van der Waals surface area contributed by atoms with Crippen molar-refractivity contribution in [1.82, 2.24) is 0 Å². The van der Waals surface area contributed by atoms with Crippen molar-refractivity contribution in [1.29, 1.82) is 0 Å². The minimum atomic E-state index is 0. The third-order valence-corrected chi connectivity index (χ3v) is 1.53. The van der Waals surface area contributed by atoms with Crippen LogP contribution in [-0.2, 0) is 0 Å². The highest BCUT2D eigenvalue weighted by molar-refractivity contribution is 4.30. The van der Waals surface area contributed by atoms with Gasteiger partial charge in [0.2, 0.25) is 0 Å². The minimum Gasteiger partial charge on any atom is -0.391 e. The van der Waals surface area contributed by atoms with E-state index in [4.69, 9.17) is 5.11 Å². The number of aliphatic hydroxyl groups is 1. The van der Waals surface area contributed by atoms with E-state index < -0.39 is 0 Å². The smallest absolute Gasteiger partial charge is 0.102 e. The van der Waals surface area contributed by atoms with Crippen LogP contribution in [0.1, 0.15) is 20.8 Å². The van der Waals surface area contributed by atoms with Crippen molar-refractivity contribution in [3.05, 3.63) is 0 Å². The molecule has 0 aliphatic heterocycles. The molecular weight excluding hydrogens is 126 g/mol. The molecule has 0 aromatic heterocycles. The van der Waals surface area contributed by atoms with Crippen molar-refractivity contribution >= 4 is 0 Å². The number of rotatable bonds is 4. The monoisotopic (exact) mass is 148 g/mol. The predicted octanol–water partition coefficient (Wildman–Crippen LogP) is 1.10. The summed E-state index contributed by atoms with van der Waals surface area (Å²) in [4.78, 5) is 0. The number of nitrogens with zero attached hydrogens (tertiary/aromatic N) is 1. The Morgan fingerprint density at radius 1 is 1.20 bits per heavy atom. The van der Waals surface area contributed by atoms with Crippen LogP contribution < -0.4 is 0 Å². The fraction of sp³-hybridized carbons (Fsp3) is 1.00. The fourth-order valence-electron chi connectivity index (χ4n) is 0.988. The molecule has 0 rings (SSSR count). The van der Waals surface area contributed by atoms with Gasteiger partial charge in [-0.15, -0.1) is 0 Å². The van der Waals surface area contributed by atoms with Crippen molar-refractivity contribution in [3.8, 4) is 0 Å². The summed E-state index contributed by atoms with van der Waals surface area (Å²) in [5, 5.41) is 8.61. The van der Waals surface area contributed by atoms with Gasteiger partial charge in [0.1, 0.15) is 6.54 Å². The summed E-state index contributed by atoms with van der Waals surface area (Å²) in [6, 6.07) is 0. The normalized spacial score (nSPS) is 10.8. The Morgan fingerprint density at radius 3 is 2.00 bits per heavy atom. The lowest BCUT2D eigenvalue weighted by atomic mass is 10.4. The van der Waals surface area contributed by atoms with Gasteiger partial charge in [0.25, 0.3) is 0 Å². The van der Waals surface area contributed by atoms with Crippen LogP contribution in [0, 0.1) is 0 Å². The first-order valence-corrected chi connectivity index (χ1v) is 3.55. The van der Waals surface area contributed by atoms with E-state index in [1.807, 2.05) is 0 Å². The zero-order chi connectivity index (χ0) is 7.33. The molecule has 0 saturated heterocycles. The van der Waals surface area contributed by atoms with E-state index in [-0.39, 0.29) is 7.43 Å². The van der Waals surface area contributed by atoms with Gasteiger partial charge >= 0.3 is 0 Å². The Balaban J connectivity index is 0. The summed E-state index contributed by atoms with van der Waals surface area (Å²) in [6.45, 7) is 4.48. The quantitative estimate of drug-likeness (QED) is 0.592. The summed E-state index contributed by atoms with van der Waals surface area (Å²) in [5.74, 6) is 0. The molecule has 0 fully saturated rings. The van der Waals surface area contributed by atoms with Crippen molar-refractivity contribution in [2.45, 2.75) is 20.8 Å². The van der Waals surface area contributed by atoms with Crippen LogP contribution in [0.15, 0.2) is 0 Å². The standard InChI is InChI=1S/C7H18NO.CH4/c1-4-5-8(2,3)6-7-9;/h9H,4-7H2,1-3H3;1H4/q+1;. The van der Waals surface area contributed by atoms with Gasteiger partial charge in [-0.05, 0) is 6.42 Å². The molecule has 0 aliphatic rings. The number of hydrogen-bond donors (Lipinski definition) is 1. The maximum absolute atomic E-state index is 8.61. The molecule has 0 atom stereocenters. The molecular formula is C8H22NO+. The van der Waals surface area contributed by atoms with Crippen LogP contribution in [0.4, 0.5) is 0 Å². The van der Waals surface area contributed by atoms with Gasteiger partial charge in [0.05, 0.1) is 27.2 Å². The molecule has 2 nitrogen and oxygen atoms in total. The Bertz CT molecular complexity index is 63.7.